The van der Waals surface area contributed by atoms with E-state index in [2.05, 4.69) is 0 Å². The third-order valence-corrected chi connectivity index (χ3v) is 3.83. The molecule has 18 heavy (non-hydrogen) atoms. The van der Waals surface area contributed by atoms with Crippen LogP contribution in [0.2, 0.25) is 0 Å². The van der Waals surface area contributed by atoms with Gasteiger partial charge in [-0.15, -0.1) is 0 Å². The predicted molar refractivity (Wildman–Crippen MR) is 67.9 cm³/mol. The van der Waals surface area contributed by atoms with E-state index in [4.69, 9.17) is 13.6 Å². The molecule has 0 aliphatic heterocycles. The molecule has 0 spiro atoms. The van der Waals surface area contributed by atoms with Gasteiger partial charge < -0.3 is 9.63 Å². The summed E-state index contributed by atoms with van der Waals surface area (Å²) in [5, 5.41) is 11.0. The lowest BCUT2D eigenvalue weighted by atomic mass is 10.1. The first-order valence-corrected chi connectivity index (χ1v) is 6.67. The molecule has 0 aromatic heterocycles. The summed E-state index contributed by atoms with van der Waals surface area (Å²) in [5.41, 5.74) is 0. The van der Waals surface area contributed by atoms with Gasteiger partial charge in [-0.3, -0.25) is 9.05 Å². The molecule has 6 heteroatoms. The van der Waals surface area contributed by atoms with E-state index >= 15 is 0 Å². The van der Waals surface area contributed by atoms with E-state index in [1.165, 1.54) is 26.4 Å². The zero-order valence-electron chi connectivity index (χ0n) is 9.99. The number of phosphoric ester groups is 1. The third-order valence-electron chi connectivity index (χ3n) is 2.52. The minimum Gasteiger partial charge on any atom is -0.507 e. The third kappa shape index (κ3) is 2.34. The molecule has 0 heterocycles. The number of phenols is 1. The summed E-state index contributed by atoms with van der Waals surface area (Å²) in [6, 6.07) is 10.1. The summed E-state index contributed by atoms with van der Waals surface area (Å²) in [5.74, 6) is 0.457. The Balaban J connectivity index is 2.53. The number of fused-ring (bicyclic) bond motifs is 1. The molecule has 2 aromatic carbocycles. The van der Waals surface area contributed by atoms with E-state index in [9.17, 15) is 9.67 Å². The van der Waals surface area contributed by atoms with E-state index in [0.29, 0.717) is 16.5 Å². The molecule has 96 valence electrons. The monoisotopic (exact) mass is 268 g/mol. The zero-order valence-corrected chi connectivity index (χ0v) is 10.9. The van der Waals surface area contributed by atoms with Crippen LogP contribution in [0.25, 0.3) is 10.8 Å². The van der Waals surface area contributed by atoms with Crippen molar-refractivity contribution < 1.29 is 23.2 Å². The average Bonchev–Trinajstić information content (AvgIpc) is 2.42. The van der Waals surface area contributed by atoms with Gasteiger partial charge in [0.15, 0.2) is 0 Å². The second-order valence-electron chi connectivity index (χ2n) is 3.53. The van der Waals surface area contributed by atoms with Gasteiger partial charge in [-0.1, -0.05) is 24.3 Å². The normalized spacial score (nSPS) is 11.7. The van der Waals surface area contributed by atoms with E-state index < -0.39 is 7.82 Å². The van der Waals surface area contributed by atoms with Crippen LogP contribution in [0, 0.1) is 0 Å². The van der Waals surface area contributed by atoms with Gasteiger partial charge in [0.2, 0.25) is 0 Å². The summed E-state index contributed by atoms with van der Waals surface area (Å²) in [4.78, 5) is 0. The average molecular weight is 268 g/mol. The second kappa shape index (κ2) is 4.98. The van der Waals surface area contributed by atoms with Gasteiger partial charge >= 0.3 is 7.82 Å². The van der Waals surface area contributed by atoms with Gasteiger partial charge in [-0.25, -0.2) is 4.57 Å². The van der Waals surface area contributed by atoms with E-state index in [1.54, 1.807) is 24.3 Å². The predicted octanol–water partition coefficient (Wildman–Crippen LogP) is 3.33. The minimum atomic E-state index is -3.60. The van der Waals surface area contributed by atoms with E-state index in [0.717, 1.165) is 0 Å². The van der Waals surface area contributed by atoms with Crippen LogP contribution in [0.4, 0.5) is 0 Å². The number of hydrogen-bond donors (Lipinski definition) is 1. The van der Waals surface area contributed by atoms with Crippen LogP contribution in [0.5, 0.6) is 11.5 Å². The zero-order chi connectivity index (χ0) is 13.2. The second-order valence-corrected chi connectivity index (χ2v) is 5.34. The largest absolute Gasteiger partial charge is 0.529 e. The van der Waals surface area contributed by atoms with Crippen molar-refractivity contribution in [2.45, 2.75) is 0 Å². The highest BCUT2D eigenvalue weighted by atomic mass is 31.2. The Morgan fingerprint density at radius 3 is 2.22 bits per heavy atom. The lowest BCUT2D eigenvalue weighted by Crippen LogP contribution is -1.97. The molecule has 0 bridgehead atoms. The van der Waals surface area contributed by atoms with Crippen molar-refractivity contribution in [1.82, 2.24) is 0 Å². The number of hydrogen-bond acceptors (Lipinski definition) is 5. The Hall–Kier alpha value is -1.55. The van der Waals surface area contributed by atoms with Crippen LogP contribution < -0.4 is 4.52 Å². The standard InChI is InChI=1S/C12H13O5P/c1-15-18(14,16-2)17-12-8-7-11(13)9-5-3-4-6-10(9)12/h3-8,13H,1-2H3. The molecule has 0 unspecified atom stereocenters. The molecular weight excluding hydrogens is 255 g/mol. The van der Waals surface area contributed by atoms with Gasteiger partial charge in [-0.05, 0) is 12.1 Å². The molecule has 2 rings (SSSR count). The summed E-state index contributed by atoms with van der Waals surface area (Å²) < 4.78 is 26.6. The molecule has 5 nitrogen and oxygen atoms in total. The van der Waals surface area contributed by atoms with Crippen molar-refractivity contribution in [3.05, 3.63) is 36.4 Å². The first kappa shape index (κ1) is 12.9. The number of aromatic hydroxyl groups is 1. The maximum Gasteiger partial charge on any atom is 0.529 e. The molecule has 0 saturated heterocycles. The van der Waals surface area contributed by atoms with E-state index in [-0.39, 0.29) is 5.75 Å². The Bertz CT molecular complexity index is 602. The maximum atomic E-state index is 11.9. The maximum absolute atomic E-state index is 11.9. The topological polar surface area (TPSA) is 65.0 Å². The molecular formula is C12H13O5P. The fourth-order valence-corrected chi connectivity index (χ4v) is 2.30. The van der Waals surface area contributed by atoms with Gasteiger partial charge in [0.1, 0.15) is 11.5 Å². The highest BCUT2D eigenvalue weighted by Crippen LogP contribution is 2.49. The highest BCUT2D eigenvalue weighted by Gasteiger charge is 2.25. The van der Waals surface area contributed by atoms with Gasteiger partial charge in [0.05, 0.1) is 0 Å². The molecule has 0 saturated carbocycles. The van der Waals surface area contributed by atoms with Crippen molar-refractivity contribution in [3.8, 4) is 11.5 Å². The van der Waals surface area contributed by atoms with Crippen LogP contribution >= 0.6 is 7.82 Å². The highest BCUT2D eigenvalue weighted by molar-refractivity contribution is 7.48. The summed E-state index contributed by atoms with van der Waals surface area (Å²) in [7, 11) is -1.12. The molecule has 0 amide bonds. The van der Waals surface area contributed by atoms with Gasteiger partial charge in [0, 0.05) is 25.0 Å². The van der Waals surface area contributed by atoms with Crippen LogP contribution in [0.15, 0.2) is 36.4 Å². The van der Waals surface area contributed by atoms with Crippen molar-refractivity contribution >= 4 is 18.6 Å². The molecule has 0 aliphatic rings. The SMILES string of the molecule is COP(=O)(OC)Oc1ccc(O)c2ccccc12. The molecule has 2 aromatic rings. The Morgan fingerprint density at radius 2 is 1.61 bits per heavy atom. The first-order chi connectivity index (χ1) is 8.59. The van der Waals surface area contributed by atoms with Gasteiger partial charge in [-0.2, -0.15) is 0 Å². The summed E-state index contributed by atoms with van der Waals surface area (Å²) >= 11 is 0. The lowest BCUT2D eigenvalue weighted by molar-refractivity contribution is 0.212. The van der Waals surface area contributed by atoms with E-state index in [1.807, 2.05) is 0 Å². The fraction of sp³-hybridized carbons (Fsp3) is 0.167. The lowest BCUT2D eigenvalue weighted by Gasteiger charge is -2.15. The van der Waals surface area contributed by atoms with Crippen molar-refractivity contribution in [1.29, 1.82) is 0 Å². The molecule has 0 atom stereocenters. The summed E-state index contributed by atoms with van der Waals surface area (Å²) in [6.07, 6.45) is 0. The van der Waals surface area contributed by atoms with Gasteiger partial charge in [0.25, 0.3) is 0 Å². The Morgan fingerprint density at radius 1 is 1.00 bits per heavy atom. The summed E-state index contributed by atoms with van der Waals surface area (Å²) in [6.45, 7) is 0. The molecule has 0 radical (unpaired) electrons. The Labute approximate surface area is 105 Å². The van der Waals surface area contributed by atoms with Crippen LogP contribution in [0.1, 0.15) is 0 Å². The fourth-order valence-electron chi connectivity index (χ4n) is 1.60. The smallest absolute Gasteiger partial charge is 0.507 e. The van der Waals surface area contributed by atoms with Crippen molar-refractivity contribution in [3.63, 3.8) is 0 Å². The molecule has 0 fully saturated rings. The number of benzene rings is 2. The first-order valence-electron chi connectivity index (χ1n) is 5.21. The quantitative estimate of drug-likeness (QED) is 0.861. The van der Waals surface area contributed by atoms with Crippen LogP contribution in [-0.4, -0.2) is 19.3 Å². The molecule has 0 aliphatic carbocycles. The molecule has 1 N–H and O–H groups in total. The van der Waals surface area contributed by atoms with Crippen LogP contribution in [-0.2, 0) is 13.6 Å². The number of phosphoric acid groups is 1. The van der Waals surface area contributed by atoms with Crippen LogP contribution in [0.3, 0.4) is 0 Å². The number of phenolic OH excluding ortho intramolecular Hbond substituents is 1. The van der Waals surface area contributed by atoms with Crippen molar-refractivity contribution in [2.24, 2.45) is 0 Å². The Kier molecular flexibility index (Phi) is 3.57. The minimum absolute atomic E-state index is 0.127. The van der Waals surface area contributed by atoms with Crippen molar-refractivity contribution in [2.75, 3.05) is 14.2 Å². The number of rotatable bonds is 4.